The SMILES string of the molecule is C=CC(O)(I)I. The first-order chi connectivity index (χ1) is 2.56. The van der Waals surface area contributed by atoms with E-state index in [0.29, 0.717) is 0 Å². The lowest BCUT2D eigenvalue weighted by atomic mass is 10.7. The minimum Gasteiger partial charge on any atom is -0.368 e. The van der Waals surface area contributed by atoms with Gasteiger partial charge in [0.25, 0.3) is 0 Å². The average molecular weight is 310 g/mol. The molecule has 6 heavy (non-hydrogen) atoms. The first kappa shape index (κ1) is 7.16. The molecule has 0 saturated carbocycles. The van der Waals surface area contributed by atoms with Crippen LogP contribution in [-0.4, -0.2) is 6.72 Å². The zero-order valence-corrected chi connectivity index (χ0v) is 7.30. The van der Waals surface area contributed by atoms with E-state index in [1.165, 1.54) is 6.08 Å². The normalized spacial score (nSPS) is 11.2. The van der Waals surface area contributed by atoms with E-state index in [1.807, 2.05) is 45.2 Å². The summed E-state index contributed by atoms with van der Waals surface area (Å²) in [7, 11) is 0. The molecule has 1 N–H and O–H groups in total. The Kier molecular flexibility index (Phi) is 2.94. The fourth-order valence-electron chi connectivity index (χ4n) is 0. The lowest BCUT2D eigenvalue weighted by molar-refractivity contribution is 0.310. The van der Waals surface area contributed by atoms with E-state index in [0.717, 1.165) is 0 Å². The van der Waals surface area contributed by atoms with E-state index in [4.69, 9.17) is 5.11 Å². The van der Waals surface area contributed by atoms with E-state index >= 15 is 0 Å². The van der Waals surface area contributed by atoms with Crippen LogP contribution in [0.1, 0.15) is 0 Å². The first-order valence-electron chi connectivity index (χ1n) is 1.30. The van der Waals surface area contributed by atoms with Gasteiger partial charge in [0.1, 0.15) is 0 Å². The van der Waals surface area contributed by atoms with Crippen LogP contribution in [0.5, 0.6) is 0 Å². The number of aliphatic hydroxyl groups is 1. The van der Waals surface area contributed by atoms with Gasteiger partial charge in [0, 0.05) is 0 Å². The monoisotopic (exact) mass is 310 g/mol. The summed E-state index contributed by atoms with van der Waals surface area (Å²) in [5.41, 5.74) is 0. The number of hydrogen-bond acceptors (Lipinski definition) is 1. The molecule has 1 nitrogen and oxygen atoms in total. The minimum absolute atomic E-state index is 0.754. The zero-order chi connectivity index (χ0) is 5.21. The summed E-state index contributed by atoms with van der Waals surface area (Å²) in [5.74, 6) is 0. The van der Waals surface area contributed by atoms with Gasteiger partial charge in [-0.25, -0.2) is 0 Å². The Morgan fingerprint density at radius 1 is 1.67 bits per heavy atom. The molecule has 0 spiro atoms. The van der Waals surface area contributed by atoms with Crippen LogP contribution in [-0.2, 0) is 0 Å². The van der Waals surface area contributed by atoms with Gasteiger partial charge in [0.2, 0.25) is 0 Å². The Balaban J connectivity index is 3.45. The molecule has 0 aromatic carbocycles. The van der Waals surface area contributed by atoms with E-state index in [1.54, 1.807) is 0 Å². The smallest absolute Gasteiger partial charge is 0.185 e. The summed E-state index contributed by atoms with van der Waals surface area (Å²) in [6.45, 7) is 3.37. The van der Waals surface area contributed by atoms with Crippen LogP contribution in [0.25, 0.3) is 0 Å². The molecular weight excluding hydrogens is 306 g/mol. The van der Waals surface area contributed by atoms with Gasteiger partial charge in [-0.3, -0.25) is 0 Å². The highest BCUT2D eigenvalue weighted by molar-refractivity contribution is 14.2. The largest absolute Gasteiger partial charge is 0.368 e. The fourth-order valence-corrected chi connectivity index (χ4v) is 0. The van der Waals surface area contributed by atoms with Crippen molar-refractivity contribution in [3.05, 3.63) is 12.7 Å². The average Bonchev–Trinajstić information content (AvgIpc) is 1.35. The molecule has 0 atom stereocenters. The van der Waals surface area contributed by atoms with Crippen molar-refractivity contribution in [2.75, 3.05) is 0 Å². The first-order valence-corrected chi connectivity index (χ1v) is 3.46. The number of halogens is 2. The summed E-state index contributed by atoms with van der Waals surface area (Å²) in [5, 5.41) is 8.68. The predicted molar refractivity (Wildman–Crippen MR) is 43.2 cm³/mol. The summed E-state index contributed by atoms with van der Waals surface area (Å²) in [6.07, 6.45) is 1.47. The number of hydrogen-bond donors (Lipinski definition) is 1. The van der Waals surface area contributed by atoms with Crippen LogP contribution in [0.15, 0.2) is 12.7 Å². The van der Waals surface area contributed by atoms with Gasteiger partial charge < -0.3 is 5.11 Å². The van der Waals surface area contributed by atoms with Crippen LogP contribution in [0.4, 0.5) is 0 Å². The summed E-state index contributed by atoms with van der Waals surface area (Å²) in [4.78, 5) is 0. The molecule has 0 aliphatic heterocycles. The summed E-state index contributed by atoms with van der Waals surface area (Å²) in [6, 6.07) is 0. The van der Waals surface area contributed by atoms with Gasteiger partial charge in [0.15, 0.2) is 1.61 Å². The quantitative estimate of drug-likeness (QED) is 0.444. The molecule has 0 unspecified atom stereocenters. The van der Waals surface area contributed by atoms with E-state index in [-0.39, 0.29) is 0 Å². The molecule has 3 heteroatoms. The highest BCUT2D eigenvalue weighted by Crippen LogP contribution is 2.23. The second-order valence-electron chi connectivity index (χ2n) is 0.792. The Morgan fingerprint density at radius 2 is 1.83 bits per heavy atom. The van der Waals surface area contributed by atoms with E-state index in [9.17, 15) is 0 Å². The molecule has 0 aromatic rings. The topological polar surface area (TPSA) is 20.2 Å². The second kappa shape index (κ2) is 2.46. The van der Waals surface area contributed by atoms with Gasteiger partial charge in [-0.2, -0.15) is 0 Å². The molecule has 0 saturated heterocycles. The molecule has 0 aromatic heterocycles. The maximum Gasteiger partial charge on any atom is 0.185 e. The van der Waals surface area contributed by atoms with Crippen molar-refractivity contribution in [3.63, 3.8) is 0 Å². The molecule has 0 aliphatic carbocycles. The van der Waals surface area contributed by atoms with Crippen LogP contribution in [0, 0.1) is 0 Å². The van der Waals surface area contributed by atoms with Gasteiger partial charge >= 0.3 is 0 Å². The highest BCUT2D eigenvalue weighted by Gasteiger charge is 2.08. The maximum atomic E-state index is 8.68. The Bertz CT molecular complexity index is 54.3. The minimum atomic E-state index is -0.754. The lowest BCUT2D eigenvalue weighted by Crippen LogP contribution is -2.00. The van der Waals surface area contributed by atoms with Crippen molar-refractivity contribution >= 4 is 45.2 Å². The van der Waals surface area contributed by atoms with Gasteiger partial charge in [-0.15, -0.1) is 0 Å². The van der Waals surface area contributed by atoms with Crippen molar-refractivity contribution in [1.82, 2.24) is 0 Å². The Labute approximate surface area is 64.1 Å². The maximum absolute atomic E-state index is 8.68. The summed E-state index contributed by atoms with van der Waals surface area (Å²) < 4.78 is -0.754. The molecule has 0 aliphatic rings. The summed E-state index contributed by atoms with van der Waals surface area (Å²) >= 11 is 3.73. The molecule has 0 heterocycles. The van der Waals surface area contributed by atoms with E-state index in [2.05, 4.69) is 6.58 Å². The van der Waals surface area contributed by atoms with Crippen molar-refractivity contribution in [3.8, 4) is 0 Å². The Hall–Kier alpha value is 1.16. The highest BCUT2D eigenvalue weighted by atomic mass is 127. The van der Waals surface area contributed by atoms with Crippen LogP contribution in [0.3, 0.4) is 0 Å². The van der Waals surface area contributed by atoms with Crippen LogP contribution in [0.2, 0.25) is 0 Å². The molecule has 0 rings (SSSR count). The van der Waals surface area contributed by atoms with Crippen molar-refractivity contribution < 1.29 is 5.11 Å². The molecule has 0 amide bonds. The predicted octanol–water partition coefficient (Wildman–Crippen LogP) is 1.69. The third kappa shape index (κ3) is 5.16. The molecule has 0 bridgehead atoms. The number of rotatable bonds is 1. The van der Waals surface area contributed by atoms with Crippen molar-refractivity contribution in [1.29, 1.82) is 0 Å². The van der Waals surface area contributed by atoms with Crippen LogP contribution < -0.4 is 0 Å². The molecular formula is C3H4I2O. The number of alkyl halides is 2. The van der Waals surface area contributed by atoms with Crippen molar-refractivity contribution in [2.24, 2.45) is 0 Å². The molecule has 0 radical (unpaired) electrons. The van der Waals surface area contributed by atoms with E-state index < -0.39 is 1.61 Å². The van der Waals surface area contributed by atoms with Crippen LogP contribution >= 0.6 is 45.2 Å². The van der Waals surface area contributed by atoms with Gasteiger partial charge in [-0.1, -0.05) is 6.58 Å². The third-order valence-electron chi connectivity index (χ3n) is 0.246. The molecule has 0 fully saturated rings. The van der Waals surface area contributed by atoms with Gasteiger partial charge in [-0.05, 0) is 51.3 Å². The van der Waals surface area contributed by atoms with Gasteiger partial charge in [0.05, 0.1) is 0 Å². The third-order valence-corrected chi connectivity index (χ3v) is 1.13. The Morgan fingerprint density at radius 3 is 1.83 bits per heavy atom. The molecule has 36 valence electrons. The zero-order valence-electron chi connectivity index (χ0n) is 2.99. The second-order valence-corrected chi connectivity index (χ2v) is 6.15. The lowest BCUT2D eigenvalue weighted by Gasteiger charge is -2.01. The fraction of sp³-hybridized carbons (Fsp3) is 0.333. The standard InChI is InChI=1S/C3H4I2O/c1-2-3(4,5)6/h2,6H,1H2. The van der Waals surface area contributed by atoms with Crippen molar-refractivity contribution in [2.45, 2.75) is 1.61 Å².